The van der Waals surface area contributed by atoms with Crippen molar-refractivity contribution in [3.63, 3.8) is 0 Å². The van der Waals surface area contributed by atoms with E-state index >= 15 is 0 Å². The molecule has 0 aromatic heterocycles. The van der Waals surface area contributed by atoms with Gasteiger partial charge in [-0.2, -0.15) is 0 Å². The molecule has 0 aromatic rings. The minimum Gasteiger partial charge on any atom is -0.412 e. The first-order valence-corrected chi connectivity index (χ1v) is 10.7. The van der Waals surface area contributed by atoms with Crippen LogP contribution < -0.4 is 0 Å². The van der Waals surface area contributed by atoms with Crippen LogP contribution in [0.3, 0.4) is 0 Å². The summed E-state index contributed by atoms with van der Waals surface area (Å²) in [6.45, 7) is 16.7. The Morgan fingerprint density at radius 2 is 1.71 bits per heavy atom. The van der Waals surface area contributed by atoms with Gasteiger partial charge in [-0.15, -0.1) is 0 Å². The summed E-state index contributed by atoms with van der Waals surface area (Å²) >= 11 is 0. The average Bonchev–Trinajstić information content (AvgIpc) is 2.79. The SMILES string of the molecule is C/C=C(/CO[Si](C(C)C)(C(C)C)C(C)C)C1CCC(=O)C1. The highest BCUT2D eigenvalue weighted by molar-refractivity contribution is 6.77. The van der Waals surface area contributed by atoms with E-state index in [-0.39, 0.29) is 0 Å². The molecule has 1 aliphatic rings. The number of carbonyl (C=O) groups is 1. The highest BCUT2D eigenvalue weighted by Crippen LogP contribution is 2.43. The Kier molecular flexibility index (Phi) is 6.86. The van der Waals surface area contributed by atoms with Crippen LogP contribution in [0.2, 0.25) is 16.6 Å². The van der Waals surface area contributed by atoms with Gasteiger partial charge in [-0.25, -0.2) is 0 Å². The molecular weight excluding hydrogens is 276 g/mol. The fourth-order valence-electron chi connectivity index (χ4n) is 4.28. The van der Waals surface area contributed by atoms with Gasteiger partial charge in [0.05, 0.1) is 6.61 Å². The number of hydrogen-bond acceptors (Lipinski definition) is 2. The standard InChI is InChI=1S/C18H34O2Si/c1-8-16(17-9-10-18(19)11-17)12-20-21(13(2)3,14(4)5)15(6)7/h8,13-15,17H,9-12H2,1-7H3/b16-8-. The van der Waals surface area contributed by atoms with Gasteiger partial charge < -0.3 is 4.43 Å². The van der Waals surface area contributed by atoms with E-state index in [0.29, 0.717) is 28.3 Å². The summed E-state index contributed by atoms with van der Waals surface area (Å²) in [5.41, 5.74) is 3.18. The Morgan fingerprint density at radius 1 is 1.19 bits per heavy atom. The van der Waals surface area contributed by atoms with Crippen molar-refractivity contribution >= 4 is 14.1 Å². The smallest absolute Gasteiger partial charge is 0.200 e. The number of rotatable bonds is 7. The molecular formula is C18H34O2Si. The molecule has 1 saturated carbocycles. The lowest BCUT2D eigenvalue weighted by Gasteiger charge is -2.42. The molecule has 1 aliphatic carbocycles. The Labute approximate surface area is 132 Å². The van der Waals surface area contributed by atoms with Gasteiger partial charge >= 0.3 is 0 Å². The predicted octanol–water partition coefficient (Wildman–Crippen LogP) is 5.49. The molecule has 0 heterocycles. The van der Waals surface area contributed by atoms with E-state index in [4.69, 9.17) is 4.43 Å². The van der Waals surface area contributed by atoms with Crippen molar-refractivity contribution in [1.82, 2.24) is 0 Å². The fourth-order valence-corrected chi connectivity index (χ4v) is 9.69. The van der Waals surface area contributed by atoms with Gasteiger partial charge in [-0.3, -0.25) is 4.79 Å². The molecule has 1 fully saturated rings. The molecule has 2 nitrogen and oxygen atoms in total. The summed E-state index contributed by atoms with van der Waals surface area (Å²) in [6, 6.07) is 0. The summed E-state index contributed by atoms with van der Waals surface area (Å²) in [5.74, 6) is 0.847. The van der Waals surface area contributed by atoms with Crippen molar-refractivity contribution in [1.29, 1.82) is 0 Å². The van der Waals surface area contributed by atoms with Gasteiger partial charge in [0.2, 0.25) is 8.32 Å². The molecule has 0 aliphatic heterocycles. The zero-order chi connectivity index (χ0) is 16.2. The highest BCUT2D eigenvalue weighted by atomic mass is 28.4. The van der Waals surface area contributed by atoms with Crippen LogP contribution in [-0.4, -0.2) is 20.7 Å². The molecule has 1 rings (SSSR count). The number of carbonyl (C=O) groups excluding carboxylic acids is 1. The Balaban J connectivity index is 2.83. The normalized spacial score (nSPS) is 21.1. The van der Waals surface area contributed by atoms with Gasteiger partial charge in [-0.1, -0.05) is 47.6 Å². The lowest BCUT2D eigenvalue weighted by atomic mass is 9.98. The van der Waals surface area contributed by atoms with Crippen molar-refractivity contribution in [2.24, 2.45) is 5.92 Å². The second kappa shape index (κ2) is 7.73. The van der Waals surface area contributed by atoms with E-state index in [0.717, 1.165) is 25.9 Å². The maximum absolute atomic E-state index is 11.5. The molecule has 0 amide bonds. The van der Waals surface area contributed by atoms with Crippen molar-refractivity contribution < 1.29 is 9.22 Å². The molecule has 0 bridgehead atoms. The third-order valence-electron chi connectivity index (χ3n) is 5.34. The molecule has 1 unspecified atom stereocenters. The van der Waals surface area contributed by atoms with Gasteiger partial charge in [0.25, 0.3) is 0 Å². The Morgan fingerprint density at radius 3 is 2.05 bits per heavy atom. The lowest BCUT2D eigenvalue weighted by Crippen LogP contribution is -2.48. The van der Waals surface area contributed by atoms with Crippen LogP contribution in [-0.2, 0) is 9.22 Å². The summed E-state index contributed by atoms with van der Waals surface area (Å²) in [6.07, 6.45) is 4.68. The highest BCUT2D eigenvalue weighted by Gasteiger charge is 2.45. The van der Waals surface area contributed by atoms with E-state index in [1.54, 1.807) is 0 Å². The maximum atomic E-state index is 11.5. The maximum Gasteiger partial charge on any atom is 0.200 e. The van der Waals surface area contributed by atoms with Crippen molar-refractivity contribution in [2.45, 2.75) is 84.4 Å². The van der Waals surface area contributed by atoms with E-state index in [1.165, 1.54) is 5.57 Å². The van der Waals surface area contributed by atoms with E-state index in [9.17, 15) is 4.79 Å². The largest absolute Gasteiger partial charge is 0.412 e. The van der Waals surface area contributed by atoms with Crippen molar-refractivity contribution in [3.8, 4) is 0 Å². The summed E-state index contributed by atoms with van der Waals surface area (Å²) in [4.78, 5) is 11.5. The monoisotopic (exact) mass is 310 g/mol. The van der Waals surface area contributed by atoms with Crippen LogP contribution >= 0.6 is 0 Å². The van der Waals surface area contributed by atoms with Gasteiger partial charge in [0.1, 0.15) is 5.78 Å². The van der Waals surface area contributed by atoms with Gasteiger partial charge in [0.15, 0.2) is 0 Å². The topological polar surface area (TPSA) is 26.3 Å². The minimum atomic E-state index is -1.80. The van der Waals surface area contributed by atoms with Crippen molar-refractivity contribution in [2.75, 3.05) is 6.61 Å². The number of allylic oxidation sites excluding steroid dienone is 1. The van der Waals surface area contributed by atoms with Gasteiger partial charge in [-0.05, 0) is 41.5 Å². The summed E-state index contributed by atoms with van der Waals surface area (Å²) in [7, 11) is -1.80. The third kappa shape index (κ3) is 4.07. The molecule has 0 radical (unpaired) electrons. The molecule has 122 valence electrons. The van der Waals surface area contributed by atoms with E-state index in [2.05, 4.69) is 54.5 Å². The van der Waals surface area contributed by atoms with Crippen LogP contribution in [0.15, 0.2) is 11.6 Å². The second-order valence-electron chi connectivity index (χ2n) is 7.45. The number of ketones is 1. The van der Waals surface area contributed by atoms with Crippen LogP contribution in [0.25, 0.3) is 0 Å². The zero-order valence-electron chi connectivity index (χ0n) is 15.0. The molecule has 21 heavy (non-hydrogen) atoms. The average molecular weight is 311 g/mol. The van der Waals surface area contributed by atoms with Crippen LogP contribution in [0, 0.1) is 5.92 Å². The van der Waals surface area contributed by atoms with E-state index in [1.807, 2.05) is 0 Å². The zero-order valence-corrected chi connectivity index (χ0v) is 16.0. The second-order valence-corrected chi connectivity index (χ2v) is 12.9. The number of Topliss-reactive ketones (excluding diaryl/α,β-unsaturated/α-hetero) is 1. The molecule has 3 heteroatoms. The molecule has 0 saturated heterocycles. The van der Waals surface area contributed by atoms with Crippen LogP contribution in [0.1, 0.15) is 67.7 Å². The first kappa shape index (κ1) is 18.6. The molecule has 1 atom stereocenters. The predicted molar refractivity (Wildman–Crippen MR) is 93.1 cm³/mol. The molecule has 0 spiro atoms. The summed E-state index contributed by atoms with van der Waals surface area (Å²) < 4.78 is 6.67. The van der Waals surface area contributed by atoms with Crippen LogP contribution in [0.5, 0.6) is 0 Å². The van der Waals surface area contributed by atoms with Gasteiger partial charge in [0, 0.05) is 12.8 Å². The number of hydrogen-bond donors (Lipinski definition) is 0. The fraction of sp³-hybridized carbons (Fsp3) is 0.833. The summed E-state index contributed by atoms with van der Waals surface area (Å²) in [5, 5.41) is 0. The first-order valence-electron chi connectivity index (χ1n) is 8.56. The Bertz CT molecular complexity index is 361. The quantitative estimate of drug-likeness (QED) is 0.459. The Hall–Kier alpha value is -0.413. The lowest BCUT2D eigenvalue weighted by molar-refractivity contribution is -0.117. The van der Waals surface area contributed by atoms with Crippen molar-refractivity contribution in [3.05, 3.63) is 11.6 Å². The molecule has 0 N–H and O–H groups in total. The van der Waals surface area contributed by atoms with E-state index < -0.39 is 8.32 Å². The minimum absolute atomic E-state index is 0.416. The first-order chi connectivity index (χ1) is 9.75. The molecule has 0 aromatic carbocycles. The third-order valence-corrected chi connectivity index (χ3v) is 11.4. The van der Waals surface area contributed by atoms with Crippen LogP contribution in [0.4, 0.5) is 0 Å².